The zero-order chi connectivity index (χ0) is 16.8. The number of hydrogen-bond donors (Lipinski definition) is 1. The van der Waals surface area contributed by atoms with E-state index in [1.807, 2.05) is 66.8 Å². The van der Waals surface area contributed by atoms with Crippen molar-refractivity contribution in [2.45, 2.75) is 68.7 Å². The first-order valence-corrected chi connectivity index (χ1v) is 7.67. The maximum absolute atomic E-state index is 10.2. The largest absolute Gasteiger partial charge is 0.380 e. The molecule has 2 rings (SSSR count). The average molecular weight is 310 g/mol. The van der Waals surface area contributed by atoms with Crippen LogP contribution in [-0.2, 0) is 4.79 Å². The molecule has 0 aliphatic rings. The van der Waals surface area contributed by atoms with Gasteiger partial charge in [-0.05, 0) is 18.6 Å². The van der Waals surface area contributed by atoms with Crippen LogP contribution in [0.2, 0.25) is 0 Å². The number of nitrogens with zero attached hydrogens (tertiary/aromatic N) is 3. The Labute approximate surface area is 135 Å². The zero-order valence-electron chi connectivity index (χ0n) is 14.5. The number of carbonyl (C=O) groups excluding carboxylic acids is 1. The summed E-state index contributed by atoms with van der Waals surface area (Å²) in [7, 11) is 0. The lowest BCUT2D eigenvalue weighted by Gasteiger charge is -1.94. The maximum atomic E-state index is 10.2. The summed E-state index contributed by atoms with van der Waals surface area (Å²) in [5.74, 6) is 0.832. The van der Waals surface area contributed by atoms with Crippen LogP contribution in [0.4, 0.5) is 5.82 Å². The van der Waals surface area contributed by atoms with Gasteiger partial charge >= 0.3 is 0 Å². The van der Waals surface area contributed by atoms with Gasteiger partial charge in [0.05, 0.1) is 0 Å². The molecule has 2 aromatic heterocycles. The highest BCUT2D eigenvalue weighted by Gasteiger charge is 2.02. The Kier molecular flexibility index (Phi) is 17.6. The number of nitrogen functional groups attached to an aromatic ring is 1. The van der Waals surface area contributed by atoms with E-state index in [2.05, 4.69) is 10.3 Å². The van der Waals surface area contributed by atoms with E-state index in [1.165, 1.54) is 0 Å². The third-order valence-electron chi connectivity index (χ3n) is 2.46. The standard InChI is InChI=1S/C7H8N4.C5H10O.2C2H6.CH4/c1-5-3-2-4-11-6(5)7(8)9-10-11;1-3-5(6)4-2;2*1-2;/h2-4H,8H2,1H3;3-4H2,1-2H3;2*1-2H3;1H4. The van der Waals surface area contributed by atoms with E-state index in [1.54, 1.807) is 4.52 Å². The molecule has 2 heterocycles. The van der Waals surface area contributed by atoms with Crippen LogP contribution in [0.1, 0.15) is 67.4 Å². The van der Waals surface area contributed by atoms with E-state index in [-0.39, 0.29) is 7.43 Å². The number of Topliss-reactive ketones (excluding diaryl/α,β-unsaturated/α-hetero) is 1. The minimum Gasteiger partial charge on any atom is -0.380 e. The van der Waals surface area contributed by atoms with E-state index >= 15 is 0 Å². The van der Waals surface area contributed by atoms with Crippen LogP contribution < -0.4 is 5.73 Å². The van der Waals surface area contributed by atoms with Gasteiger partial charge in [0, 0.05) is 19.0 Å². The number of hydrogen-bond acceptors (Lipinski definition) is 4. The number of pyridine rings is 1. The fourth-order valence-electron chi connectivity index (χ4n) is 1.39. The van der Waals surface area contributed by atoms with Crippen molar-refractivity contribution in [3.8, 4) is 0 Å². The summed E-state index contributed by atoms with van der Waals surface area (Å²) in [6.45, 7) is 13.7. The van der Waals surface area contributed by atoms with Gasteiger partial charge in [0.2, 0.25) is 0 Å². The second-order valence-electron chi connectivity index (χ2n) is 3.70. The van der Waals surface area contributed by atoms with Crippen molar-refractivity contribution in [2.75, 3.05) is 5.73 Å². The van der Waals surface area contributed by atoms with Crippen molar-refractivity contribution in [1.29, 1.82) is 0 Å². The second-order valence-corrected chi connectivity index (χ2v) is 3.70. The average Bonchev–Trinajstić information content (AvgIpc) is 2.94. The number of ketones is 1. The van der Waals surface area contributed by atoms with Gasteiger partial charge in [-0.3, -0.25) is 4.79 Å². The lowest BCUT2D eigenvalue weighted by Crippen LogP contribution is -1.89. The number of nitrogens with two attached hydrogens (primary N) is 1. The minimum absolute atomic E-state index is 0. The summed E-state index contributed by atoms with van der Waals surface area (Å²) in [6.07, 6.45) is 3.21. The summed E-state index contributed by atoms with van der Waals surface area (Å²) >= 11 is 0. The van der Waals surface area contributed by atoms with Gasteiger partial charge in [-0.2, -0.15) is 0 Å². The Hall–Kier alpha value is -1.91. The summed E-state index contributed by atoms with van der Waals surface area (Å²) in [6, 6.07) is 3.89. The van der Waals surface area contributed by atoms with Crippen LogP contribution in [0, 0.1) is 6.92 Å². The van der Waals surface area contributed by atoms with Gasteiger partial charge in [-0.1, -0.05) is 60.2 Å². The lowest BCUT2D eigenvalue weighted by molar-refractivity contribution is -0.118. The Balaban J connectivity index is -0.000000286. The van der Waals surface area contributed by atoms with Gasteiger partial charge in [-0.15, -0.1) is 5.10 Å². The normalized spacial score (nSPS) is 8.14. The first-order valence-electron chi connectivity index (χ1n) is 7.67. The molecule has 0 amide bonds. The van der Waals surface area contributed by atoms with E-state index in [4.69, 9.17) is 5.73 Å². The van der Waals surface area contributed by atoms with Gasteiger partial charge < -0.3 is 5.73 Å². The quantitative estimate of drug-likeness (QED) is 0.873. The Bertz CT molecular complexity index is 500. The second kappa shape index (κ2) is 15.5. The minimum atomic E-state index is 0. The summed E-state index contributed by atoms with van der Waals surface area (Å²) in [5, 5.41) is 7.57. The first-order chi connectivity index (χ1) is 10.1. The van der Waals surface area contributed by atoms with Crippen molar-refractivity contribution in [1.82, 2.24) is 14.8 Å². The van der Waals surface area contributed by atoms with E-state index in [9.17, 15) is 4.79 Å². The van der Waals surface area contributed by atoms with Crippen LogP contribution in [-0.4, -0.2) is 20.6 Å². The van der Waals surface area contributed by atoms with Gasteiger partial charge in [0.25, 0.3) is 0 Å². The first kappa shape index (κ1) is 25.1. The molecule has 2 N–H and O–H groups in total. The third kappa shape index (κ3) is 8.39. The molecular formula is C17H34N4O. The maximum Gasteiger partial charge on any atom is 0.174 e. The van der Waals surface area contributed by atoms with Gasteiger partial charge in [0.1, 0.15) is 11.3 Å². The smallest absolute Gasteiger partial charge is 0.174 e. The molecule has 5 nitrogen and oxygen atoms in total. The molecule has 0 unspecified atom stereocenters. The lowest BCUT2D eigenvalue weighted by atomic mass is 10.2. The molecule has 0 aliphatic heterocycles. The highest BCUT2D eigenvalue weighted by molar-refractivity contribution is 5.77. The molecule has 0 aromatic carbocycles. The highest BCUT2D eigenvalue weighted by Crippen LogP contribution is 2.13. The van der Waals surface area contributed by atoms with Crippen molar-refractivity contribution in [3.63, 3.8) is 0 Å². The molecule has 0 atom stereocenters. The van der Waals surface area contributed by atoms with Crippen LogP contribution in [0.25, 0.3) is 5.52 Å². The molecule has 2 aromatic rings. The molecule has 128 valence electrons. The van der Waals surface area contributed by atoms with E-state index in [0.717, 1.165) is 11.1 Å². The molecule has 0 saturated carbocycles. The topological polar surface area (TPSA) is 73.3 Å². The molecule has 0 bridgehead atoms. The van der Waals surface area contributed by atoms with Gasteiger partial charge in [0.15, 0.2) is 5.82 Å². The number of fused-ring (bicyclic) bond motifs is 1. The third-order valence-corrected chi connectivity index (χ3v) is 2.46. The summed E-state index contributed by atoms with van der Waals surface area (Å²) in [5.41, 5.74) is 7.57. The molecule has 22 heavy (non-hydrogen) atoms. The van der Waals surface area contributed by atoms with Crippen molar-refractivity contribution in [3.05, 3.63) is 23.9 Å². The number of aryl methyl sites for hydroxylation is 1. The Morgan fingerprint density at radius 2 is 1.68 bits per heavy atom. The van der Waals surface area contributed by atoms with Crippen molar-refractivity contribution >= 4 is 17.1 Å². The number of rotatable bonds is 2. The summed E-state index contributed by atoms with van der Waals surface area (Å²) in [4.78, 5) is 10.2. The molecule has 5 heteroatoms. The zero-order valence-corrected chi connectivity index (χ0v) is 14.5. The monoisotopic (exact) mass is 310 g/mol. The fraction of sp³-hybridized carbons (Fsp3) is 0.588. The van der Waals surface area contributed by atoms with E-state index < -0.39 is 0 Å². The number of aromatic nitrogens is 3. The predicted octanol–water partition coefficient (Wildman–Crippen LogP) is 4.68. The number of carbonyl (C=O) groups is 1. The van der Waals surface area contributed by atoms with Crippen LogP contribution in [0.15, 0.2) is 18.3 Å². The summed E-state index contributed by atoms with van der Waals surface area (Å²) < 4.78 is 1.67. The molecular weight excluding hydrogens is 276 g/mol. The Morgan fingerprint density at radius 1 is 1.18 bits per heavy atom. The molecule has 0 fully saturated rings. The molecule has 0 saturated heterocycles. The van der Waals surface area contributed by atoms with E-state index in [0.29, 0.717) is 24.4 Å². The highest BCUT2D eigenvalue weighted by atomic mass is 16.1. The predicted molar refractivity (Wildman–Crippen MR) is 97.2 cm³/mol. The van der Waals surface area contributed by atoms with Crippen molar-refractivity contribution < 1.29 is 4.79 Å². The fourth-order valence-corrected chi connectivity index (χ4v) is 1.39. The van der Waals surface area contributed by atoms with Crippen LogP contribution in [0.3, 0.4) is 0 Å². The van der Waals surface area contributed by atoms with Gasteiger partial charge in [-0.25, -0.2) is 4.52 Å². The number of anilines is 1. The van der Waals surface area contributed by atoms with Crippen molar-refractivity contribution in [2.24, 2.45) is 0 Å². The Morgan fingerprint density at radius 3 is 2.05 bits per heavy atom. The SMILES string of the molecule is C.CC.CC.CCC(=O)CC.Cc1cccn2nnc(N)c12. The van der Waals surface area contributed by atoms with Crippen LogP contribution >= 0.6 is 0 Å². The molecule has 0 radical (unpaired) electrons. The molecule has 0 spiro atoms. The molecule has 0 aliphatic carbocycles. The van der Waals surface area contributed by atoms with Crippen LogP contribution in [0.5, 0.6) is 0 Å².